The number of rotatable bonds is 7. The number of hydrogen-bond donors (Lipinski definition) is 2. The smallest absolute Gasteiger partial charge is 0.254 e. The molecular weight excluding hydrogens is 208 g/mol. The van der Waals surface area contributed by atoms with Crippen LogP contribution in [0.15, 0.2) is 12.4 Å². The van der Waals surface area contributed by atoms with Crippen molar-refractivity contribution in [3.05, 3.63) is 18.0 Å². The quantitative estimate of drug-likeness (QED) is 0.670. The number of amides is 1. The Labute approximate surface area is 95.0 Å². The molecule has 0 aliphatic carbocycles. The molecule has 0 spiro atoms. The summed E-state index contributed by atoms with van der Waals surface area (Å²) >= 11 is 0. The molecule has 2 N–H and O–H groups in total. The number of aromatic nitrogens is 2. The molecule has 0 radical (unpaired) electrons. The Morgan fingerprint density at radius 2 is 2.44 bits per heavy atom. The fraction of sp³-hybridized carbons (Fsp3) is 0.600. The lowest BCUT2D eigenvalue weighted by atomic mass is 10.3. The number of carbonyl (C=O) groups is 1. The molecule has 1 heterocycles. The number of aromatic amines is 1. The molecule has 1 amide bonds. The van der Waals surface area contributed by atoms with Crippen LogP contribution < -0.4 is 5.32 Å². The van der Waals surface area contributed by atoms with E-state index < -0.39 is 0 Å². The third-order valence-electron chi connectivity index (χ3n) is 2.22. The molecule has 1 aromatic heterocycles. The number of ether oxygens (including phenoxy) is 1. The summed E-state index contributed by atoms with van der Waals surface area (Å²) < 4.78 is 4.96. The van der Waals surface area contributed by atoms with Crippen molar-refractivity contribution in [3.8, 4) is 0 Å². The summed E-state index contributed by atoms with van der Waals surface area (Å²) in [6.07, 6.45) is 3.08. The maximum atomic E-state index is 11.5. The number of nitrogens with one attached hydrogen (secondary N) is 2. The first-order valence-electron chi connectivity index (χ1n) is 5.18. The van der Waals surface area contributed by atoms with Crippen molar-refractivity contribution in [2.75, 3.05) is 40.4 Å². The average Bonchev–Trinajstić information content (AvgIpc) is 2.79. The van der Waals surface area contributed by atoms with E-state index in [4.69, 9.17) is 4.74 Å². The van der Waals surface area contributed by atoms with E-state index in [1.54, 1.807) is 13.3 Å². The molecular formula is C10H18N4O2. The molecule has 6 nitrogen and oxygen atoms in total. The Kier molecular flexibility index (Phi) is 5.52. The van der Waals surface area contributed by atoms with Gasteiger partial charge in [0.15, 0.2) is 0 Å². The summed E-state index contributed by atoms with van der Waals surface area (Å²) in [5.41, 5.74) is 0.555. The van der Waals surface area contributed by atoms with E-state index in [9.17, 15) is 4.79 Å². The zero-order valence-electron chi connectivity index (χ0n) is 9.69. The number of likely N-dealkylation sites (N-methyl/N-ethyl adjacent to an activating group) is 1. The molecule has 0 aliphatic heterocycles. The Bertz CT molecular complexity index is 300. The summed E-state index contributed by atoms with van der Waals surface area (Å²) in [5, 5.41) is 9.13. The van der Waals surface area contributed by atoms with Crippen LogP contribution in [0.4, 0.5) is 0 Å². The monoisotopic (exact) mass is 226 g/mol. The van der Waals surface area contributed by atoms with Crippen molar-refractivity contribution in [2.24, 2.45) is 0 Å². The number of methoxy groups -OCH3 is 1. The second kappa shape index (κ2) is 6.97. The van der Waals surface area contributed by atoms with Gasteiger partial charge in [0, 0.05) is 32.9 Å². The molecule has 0 fully saturated rings. The lowest BCUT2D eigenvalue weighted by Crippen LogP contribution is -2.34. The fourth-order valence-electron chi connectivity index (χ4n) is 1.20. The summed E-state index contributed by atoms with van der Waals surface area (Å²) in [6, 6.07) is 0. The third-order valence-corrected chi connectivity index (χ3v) is 2.22. The molecule has 0 unspecified atom stereocenters. The minimum Gasteiger partial charge on any atom is -0.383 e. The highest BCUT2D eigenvalue weighted by Gasteiger charge is 2.05. The van der Waals surface area contributed by atoms with E-state index in [0.717, 1.165) is 13.1 Å². The molecule has 0 atom stereocenters. The zero-order valence-corrected chi connectivity index (χ0v) is 9.69. The Morgan fingerprint density at radius 3 is 3.06 bits per heavy atom. The second-order valence-corrected chi connectivity index (χ2v) is 3.54. The standard InChI is InChI=1S/C10H18N4O2/c1-14(5-6-16-2)4-3-11-10(15)9-7-12-13-8-9/h7-8H,3-6H2,1-2H3,(H,11,15)(H,12,13). The normalized spacial score (nSPS) is 10.7. The first kappa shape index (κ1) is 12.7. The molecule has 6 heteroatoms. The van der Waals surface area contributed by atoms with Gasteiger partial charge in [-0.3, -0.25) is 9.89 Å². The predicted octanol–water partition coefficient (Wildman–Crippen LogP) is -0.282. The van der Waals surface area contributed by atoms with Gasteiger partial charge in [0.1, 0.15) is 0 Å². The third kappa shape index (κ3) is 4.41. The zero-order chi connectivity index (χ0) is 11.8. The van der Waals surface area contributed by atoms with Gasteiger partial charge in [0.2, 0.25) is 0 Å². The molecule has 0 saturated heterocycles. The van der Waals surface area contributed by atoms with Gasteiger partial charge in [-0.2, -0.15) is 5.10 Å². The first-order valence-corrected chi connectivity index (χ1v) is 5.18. The minimum absolute atomic E-state index is 0.103. The highest BCUT2D eigenvalue weighted by molar-refractivity contribution is 5.93. The van der Waals surface area contributed by atoms with Crippen molar-refractivity contribution >= 4 is 5.91 Å². The highest BCUT2D eigenvalue weighted by Crippen LogP contribution is 1.92. The van der Waals surface area contributed by atoms with Crippen LogP contribution in [0.5, 0.6) is 0 Å². The number of H-pyrrole nitrogens is 1. The molecule has 16 heavy (non-hydrogen) atoms. The molecule has 0 bridgehead atoms. The molecule has 0 saturated carbocycles. The summed E-state index contributed by atoms with van der Waals surface area (Å²) in [5.74, 6) is -0.103. The van der Waals surface area contributed by atoms with E-state index in [-0.39, 0.29) is 5.91 Å². The lowest BCUT2D eigenvalue weighted by molar-refractivity contribution is 0.0947. The molecule has 1 aromatic rings. The van der Waals surface area contributed by atoms with E-state index in [0.29, 0.717) is 18.7 Å². The van der Waals surface area contributed by atoms with Crippen LogP contribution in [0.3, 0.4) is 0 Å². The highest BCUT2D eigenvalue weighted by atomic mass is 16.5. The van der Waals surface area contributed by atoms with Crippen molar-refractivity contribution < 1.29 is 9.53 Å². The van der Waals surface area contributed by atoms with Gasteiger partial charge >= 0.3 is 0 Å². The summed E-state index contributed by atoms with van der Waals surface area (Å²) in [6.45, 7) is 2.97. The lowest BCUT2D eigenvalue weighted by Gasteiger charge is -2.15. The van der Waals surface area contributed by atoms with Crippen LogP contribution in [-0.4, -0.2) is 61.4 Å². The first-order chi connectivity index (χ1) is 7.74. The van der Waals surface area contributed by atoms with Gasteiger partial charge in [-0.1, -0.05) is 0 Å². The van der Waals surface area contributed by atoms with E-state index >= 15 is 0 Å². The van der Waals surface area contributed by atoms with Crippen LogP contribution in [0.25, 0.3) is 0 Å². The molecule has 90 valence electrons. The van der Waals surface area contributed by atoms with Crippen molar-refractivity contribution in [2.45, 2.75) is 0 Å². The largest absolute Gasteiger partial charge is 0.383 e. The van der Waals surface area contributed by atoms with Crippen LogP contribution in [0.2, 0.25) is 0 Å². The average molecular weight is 226 g/mol. The molecule has 0 aromatic carbocycles. The summed E-state index contributed by atoms with van der Waals surface area (Å²) in [4.78, 5) is 13.6. The van der Waals surface area contributed by atoms with Gasteiger partial charge in [-0.05, 0) is 7.05 Å². The van der Waals surface area contributed by atoms with Crippen molar-refractivity contribution in [3.63, 3.8) is 0 Å². The van der Waals surface area contributed by atoms with E-state index in [2.05, 4.69) is 20.4 Å². The van der Waals surface area contributed by atoms with E-state index in [1.807, 2.05) is 7.05 Å². The van der Waals surface area contributed by atoms with Crippen LogP contribution in [-0.2, 0) is 4.74 Å². The van der Waals surface area contributed by atoms with Gasteiger partial charge < -0.3 is 15.0 Å². The summed E-state index contributed by atoms with van der Waals surface area (Å²) in [7, 11) is 3.66. The topological polar surface area (TPSA) is 70.2 Å². The van der Waals surface area contributed by atoms with Gasteiger partial charge in [0.05, 0.1) is 18.4 Å². The fourth-order valence-corrected chi connectivity index (χ4v) is 1.20. The molecule has 1 rings (SSSR count). The molecule has 0 aliphatic rings. The number of hydrogen-bond acceptors (Lipinski definition) is 4. The van der Waals surface area contributed by atoms with Crippen LogP contribution in [0, 0.1) is 0 Å². The Hall–Kier alpha value is -1.40. The Morgan fingerprint density at radius 1 is 1.62 bits per heavy atom. The van der Waals surface area contributed by atoms with Crippen LogP contribution >= 0.6 is 0 Å². The van der Waals surface area contributed by atoms with E-state index in [1.165, 1.54) is 6.20 Å². The van der Waals surface area contributed by atoms with Gasteiger partial charge in [-0.25, -0.2) is 0 Å². The maximum Gasteiger partial charge on any atom is 0.254 e. The minimum atomic E-state index is -0.103. The predicted molar refractivity (Wildman–Crippen MR) is 60.3 cm³/mol. The van der Waals surface area contributed by atoms with Crippen molar-refractivity contribution in [1.29, 1.82) is 0 Å². The van der Waals surface area contributed by atoms with Crippen molar-refractivity contribution in [1.82, 2.24) is 20.4 Å². The Balaban J connectivity index is 2.13. The SMILES string of the molecule is COCCN(C)CCNC(=O)c1cn[nH]c1. The van der Waals surface area contributed by atoms with Gasteiger partial charge in [0.25, 0.3) is 5.91 Å². The van der Waals surface area contributed by atoms with Gasteiger partial charge in [-0.15, -0.1) is 0 Å². The maximum absolute atomic E-state index is 11.5. The number of carbonyl (C=O) groups excluding carboxylic acids is 1. The van der Waals surface area contributed by atoms with Crippen LogP contribution in [0.1, 0.15) is 10.4 Å². The number of nitrogens with zero attached hydrogens (tertiary/aromatic N) is 2. The second-order valence-electron chi connectivity index (χ2n) is 3.54.